The maximum atomic E-state index is 13.5. The number of ether oxygens (including phenoxy) is 1. The normalized spacial score (nSPS) is 15.5. The van der Waals surface area contributed by atoms with Crippen molar-refractivity contribution in [2.75, 3.05) is 6.61 Å². The van der Waals surface area contributed by atoms with Crippen molar-refractivity contribution in [1.82, 2.24) is 14.5 Å². The molecule has 1 unspecified atom stereocenters. The second-order valence-corrected chi connectivity index (χ2v) is 11.4. The Bertz CT molecular complexity index is 1430. The Morgan fingerprint density at radius 2 is 1.71 bits per heavy atom. The van der Waals surface area contributed by atoms with Crippen molar-refractivity contribution in [2.45, 2.75) is 55.9 Å². The summed E-state index contributed by atoms with van der Waals surface area (Å²) in [7, 11) is -3.74. The number of rotatable bonds is 11. The van der Waals surface area contributed by atoms with Crippen molar-refractivity contribution < 1.29 is 22.4 Å². The van der Waals surface area contributed by atoms with E-state index in [0.29, 0.717) is 30.2 Å². The predicted molar refractivity (Wildman–Crippen MR) is 142 cm³/mol. The number of sulfone groups is 1. The van der Waals surface area contributed by atoms with Gasteiger partial charge in [0.1, 0.15) is 5.76 Å². The van der Waals surface area contributed by atoms with Crippen LogP contribution < -0.4 is 0 Å². The van der Waals surface area contributed by atoms with Crippen LogP contribution in [0.15, 0.2) is 94.8 Å². The molecular formula is C29H31N3O5S. The van der Waals surface area contributed by atoms with Crippen LogP contribution in [0.25, 0.3) is 0 Å². The van der Waals surface area contributed by atoms with Gasteiger partial charge in [-0.3, -0.25) is 4.79 Å². The van der Waals surface area contributed by atoms with Crippen LogP contribution in [-0.4, -0.2) is 41.5 Å². The van der Waals surface area contributed by atoms with Crippen molar-refractivity contribution in [1.29, 1.82) is 0 Å². The Morgan fingerprint density at radius 1 is 0.974 bits per heavy atom. The van der Waals surface area contributed by atoms with Gasteiger partial charge in [0.05, 0.1) is 56.1 Å². The number of hydrogen-bond acceptors (Lipinski definition) is 6. The van der Waals surface area contributed by atoms with E-state index < -0.39 is 9.84 Å². The zero-order valence-electron chi connectivity index (χ0n) is 21.1. The summed E-state index contributed by atoms with van der Waals surface area (Å²) >= 11 is 0. The van der Waals surface area contributed by atoms with E-state index in [0.717, 1.165) is 18.4 Å². The Morgan fingerprint density at radius 3 is 2.37 bits per heavy atom. The van der Waals surface area contributed by atoms with E-state index in [2.05, 4.69) is 4.98 Å². The summed E-state index contributed by atoms with van der Waals surface area (Å²) in [6.45, 7) is 1.46. The third kappa shape index (κ3) is 6.41. The Kier molecular flexibility index (Phi) is 8.05. The van der Waals surface area contributed by atoms with Gasteiger partial charge in [-0.15, -0.1) is 0 Å². The number of imidazole rings is 1. The van der Waals surface area contributed by atoms with Crippen molar-refractivity contribution >= 4 is 15.7 Å². The predicted octanol–water partition coefficient (Wildman–Crippen LogP) is 4.40. The van der Waals surface area contributed by atoms with Gasteiger partial charge in [0, 0.05) is 6.61 Å². The van der Waals surface area contributed by atoms with Crippen LogP contribution >= 0.6 is 0 Å². The van der Waals surface area contributed by atoms with Crippen molar-refractivity contribution in [3.05, 3.63) is 108 Å². The quantitative estimate of drug-likeness (QED) is 0.284. The Balaban J connectivity index is 1.45. The van der Waals surface area contributed by atoms with E-state index in [9.17, 15) is 13.2 Å². The lowest BCUT2D eigenvalue weighted by Crippen LogP contribution is -2.33. The fourth-order valence-corrected chi connectivity index (χ4v) is 6.21. The van der Waals surface area contributed by atoms with Crippen molar-refractivity contribution in [2.24, 2.45) is 0 Å². The van der Waals surface area contributed by atoms with Crippen LogP contribution in [0.2, 0.25) is 0 Å². The zero-order valence-corrected chi connectivity index (χ0v) is 21.9. The van der Waals surface area contributed by atoms with Gasteiger partial charge in [0.2, 0.25) is 20.9 Å². The molecule has 0 N–H and O–H groups in total. The van der Waals surface area contributed by atoms with Gasteiger partial charge in [-0.1, -0.05) is 60.7 Å². The van der Waals surface area contributed by atoms with E-state index in [-0.39, 0.29) is 42.4 Å². The van der Waals surface area contributed by atoms with E-state index in [1.165, 1.54) is 0 Å². The molecule has 3 heterocycles. The minimum atomic E-state index is -3.74. The van der Waals surface area contributed by atoms with Gasteiger partial charge in [0.25, 0.3) is 0 Å². The molecule has 0 radical (unpaired) electrons. The first-order valence-electron chi connectivity index (χ1n) is 12.7. The summed E-state index contributed by atoms with van der Waals surface area (Å²) in [5, 5.41) is 0.000287. The lowest BCUT2D eigenvalue weighted by molar-refractivity contribution is -0.132. The molecule has 4 aromatic rings. The molecule has 1 fully saturated rings. The zero-order chi connectivity index (χ0) is 26.4. The lowest BCUT2D eigenvalue weighted by Gasteiger charge is -2.24. The smallest absolute Gasteiger partial charge is 0.228 e. The fourth-order valence-electron chi connectivity index (χ4n) is 4.71. The molecule has 2 aromatic carbocycles. The van der Waals surface area contributed by atoms with Crippen LogP contribution in [0, 0.1) is 0 Å². The highest BCUT2D eigenvalue weighted by molar-refractivity contribution is 7.90. The second kappa shape index (κ2) is 11.8. The van der Waals surface area contributed by atoms with Crippen LogP contribution in [-0.2, 0) is 51.2 Å². The number of benzene rings is 2. The van der Waals surface area contributed by atoms with Crippen molar-refractivity contribution in [3.8, 4) is 0 Å². The first-order valence-corrected chi connectivity index (χ1v) is 14.4. The molecular weight excluding hydrogens is 502 g/mol. The number of carbonyl (C=O) groups excluding carboxylic acids is 1. The summed E-state index contributed by atoms with van der Waals surface area (Å²) in [6.07, 6.45) is 5.04. The number of nitrogens with zero attached hydrogens (tertiary/aromatic N) is 3. The molecule has 0 bridgehead atoms. The summed E-state index contributed by atoms with van der Waals surface area (Å²) in [5.41, 5.74) is 2.24. The first kappa shape index (κ1) is 25.9. The van der Waals surface area contributed by atoms with E-state index in [4.69, 9.17) is 9.15 Å². The van der Waals surface area contributed by atoms with Gasteiger partial charge in [-0.05, 0) is 36.1 Å². The largest absolute Gasteiger partial charge is 0.467 e. The molecule has 0 saturated carbocycles. The average Bonchev–Trinajstić information content (AvgIpc) is 3.69. The third-order valence-electron chi connectivity index (χ3n) is 6.62. The number of furan rings is 1. The summed E-state index contributed by atoms with van der Waals surface area (Å²) in [4.78, 5) is 19.5. The molecule has 8 nitrogen and oxygen atoms in total. The topological polar surface area (TPSA) is 94.6 Å². The number of carbonyl (C=O) groups is 1. The summed E-state index contributed by atoms with van der Waals surface area (Å²) in [5.74, 6) is 0.401. The van der Waals surface area contributed by atoms with Crippen LogP contribution in [0.3, 0.4) is 0 Å². The molecule has 1 amide bonds. The number of amides is 1. The molecule has 1 saturated heterocycles. The van der Waals surface area contributed by atoms with Crippen LogP contribution in [0.1, 0.15) is 35.4 Å². The van der Waals surface area contributed by atoms with E-state index in [1.54, 1.807) is 40.1 Å². The molecule has 0 spiro atoms. The van der Waals surface area contributed by atoms with Gasteiger partial charge in [-0.25, -0.2) is 13.4 Å². The standard InChI is InChI=1S/C29H31N3O5S/c33-28(17-23-9-3-1-4-10-23)31(20-26-13-7-15-36-26)19-25-18-30-29(32(25)21-27-14-8-16-37-27)38(34,35)22-24-11-5-2-6-12-24/h1-7,9-13,15,18,27H,8,14,16-17,19-22H2. The number of hydrogen-bond donors (Lipinski definition) is 0. The fraction of sp³-hybridized carbons (Fsp3) is 0.310. The SMILES string of the molecule is O=C(Cc1ccccc1)N(Cc1ccco1)Cc1cnc(S(=O)(=O)Cc2ccccc2)n1CC1CCCO1. The molecule has 5 rings (SSSR count). The molecule has 1 aliphatic rings. The monoisotopic (exact) mass is 533 g/mol. The molecule has 198 valence electrons. The molecule has 1 atom stereocenters. The van der Waals surface area contributed by atoms with E-state index >= 15 is 0 Å². The summed E-state index contributed by atoms with van der Waals surface area (Å²) in [6, 6.07) is 22.2. The van der Waals surface area contributed by atoms with Gasteiger partial charge >= 0.3 is 0 Å². The molecule has 9 heteroatoms. The van der Waals surface area contributed by atoms with Crippen LogP contribution in [0.4, 0.5) is 0 Å². The molecule has 0 aliphatic carbocycles. The second-order valence-electron chi connectivity index (χ2n) is 9.51. The highest BCUT2D eigenvalue weighted by Gasteiger charge is 2.28. The minimum Gasteiger partial charge on any atom is -0.467 e. The highest BCUT2D eigenvalue weighted by atomic mass is 32.2. The lowest BCUT2D eigenvalue weighted by atomic mass is 10.1. The maximum absolute atomic E-state index is 13.5. The average molecular weight is 534 g/mol. The van der Waals surface area contributed by atoms with Gasteiger partial charge < -0.3 is 18.6 Å². The van der Waals surface area contributed by atoms with Gasteiger partial charge in [-0.2, -0.15) is 0 Å². The third-order valence-corrected chi connectivity index (χ3v) is 8.22. The van der Waals surface area contributed by atoms with Crippen molar-refractivity contribution in [3.63, 3.8) is 0 Å². The number of aromatic nitrogens is 2. The minimum absolute atomic E-state index is 0.000287. The van der Waals surface area contributed by atoms with Gasteiger partial charge in [0.15, 0.2) is 0 Å². The highest BCUT2D eigenvalue weighted by Crippen LogP contribution is 2.23. The molecule has 38 heavy (non-hydrogen) atoms. The first-order chi connectivity index (χ1) is 18.5. The Labute approximate surface area is 222 Å². The molecule has 1 aliphatic heterocycles. The Hall–Kier alpha value is -3.69. The maximum Gasteiger partial charge on any atom is 0.228 e. The summed E-state index contributed by atoms with van der Waals surface area (Å²) < 4.78 is 40.1. The van der Waals surface area contributed by atoms with Crippen LogP contribution in [0.5, 0.6) is 0 Å². The van der Waals surface area contributed by atoms with E-state index in [1.807, 2.05) is 54.6 Å². The molecule has 2 aromatic heterocycles.